The van der Waals surface area contributed by atoms with Crippen LogP contribution >= 0.6 is 0 Å². The monoisotopic (exact) mass is 136 g/mol. The van der Waals surface area contributed by atoms with E-state index in [-0.39, 0.29) is 0 Å². The van der Waals surface area contributed by atoms with Crippen molar-refractivity contribution in [3.8, 4) is 0 Å². The van der Waals surface area contributed by atoms with Crippen molar-refractivity contribution in [1.29, 1.82) is 0 Å². The van der Waals surface area contributed by atoms with Crippen LogP contribution in [-0.4, -0.2) is 0 Å². The Hall–Kier alpha value is -0.780. The second-order valence-corrected chi connectivity index (χ2v) is 2.74. The van der Waals surface area contributed by atoms with E-state index in [4.69, 9.17) is 0 Å². The van der Waals surface area contributed by atoms with Crippen molar-refractivity contribution in [1.82, 2.24) is 0 Å². The topological polar surface area (TPSA) is 0 Å². The fourth-order valence-electron chi connectivity index (χ4n) is 0.498. The molecule has 0 heterocycles. The summed E-state index contributed by atoms with van der Waals surface area (Å²) in [6, 6.07) is 0. The van der Waals surface area contributed by atoms with Gasteiger partial charge in [0, 0.05) is 0 Å². The zero-order valence-corrected chi connectivity index (χ0v) is 7.09. The highest BCUT2D eigenvalue weighted by Gasteiger charge is 1.80. The van der Waals surface area contributed by atoms with Crippen LogP contribution in [0.15, 0.2) is 36.5 Å². The van der Waals surface area contributed by atoms with Gasteiger partial charge in [0.1, 0.15) is 0 Å². The molecule has 0 amide bonds. The first-order chi connectivity index (χ1) is 4.66. The Bertz CT molecular complexity index is 147. The molecule has 0 unspecified atom stereocenters. The Kier molecular flexibility index (Phi) is 4.65. The normalized spacial score (nSPS) is 13.0. The summed E-state index contributed by atoms with van der Waals surface area (Å²) in [5, 5.41) is 0. The number of hydrogen-bond donors (Lipinski definition) is 0. The maximum absolute atomic E-state index is 3.66. The van der Waals surface area contributed by atoms with Crippen molar-refractivity contribution >= 4 is 0 Å². The summed E-state index contributed by atoms with van der Waals surface area (Å²) in [5.74, 6) is 0.633. The third-order valence-corrected chi connectivity index (χ3v) is 1.18. The van der Waals surface area contributed by atoms with Crippen LogP contribution in [0.4, 0.5) is 0 Å². The highest BCUT2D eigenvalue weighted by Crippen LogP contribution is 1.97. The van der Waals surface area contributed by atoms with Gasteiger partial charge in [-0.3, -0.25) is 0 Å². The number of rotatable bonds is 3. The first-order valence-electron chi connectivity index (χ1n) is 3.64. The zero-order valence-electron chi connectivity index (χ0n) is 7.09. The summed E-state index contributed by atoms with van der Waals surface area (Å²) >= 11 is 0. The standard InChI is InChI=1S/C10H16/c1-5-10(4)8-6-7-9(2)3/h5-9H,1H2,2-4H3/b7-6+,10-8+. The lowest BCUT2D eigenvalue weighted by molar-refractivity contribution is 0.832. The second kappa shape index (κ2) is 5.04. The average Bonchev–Trinajstić information content (AvgIpc) is 1.87. The number of hydrogen-bond acceptors (Lipinski definition) is 0. The molecular formula is C10H16. The molecule has 0 aliphatic heterocycles. The quantitative estimate of drug-likeness (QED) is 0.522. The molecule has 0 aromatic carbocycles. The molecule has 0 aromatic rings. The molecule has 0 saturated heterocycles. The largest absolute Gasteiger partial charge is 0.0988 e. The molecular weight excluding hydrogens is 120 g/mol. The van der Waals surface area contributed by atoms with Crippen molar-refractivity contribution in [2.24, 2.45) is 5.92 Å². The third-order valence-electron chi connectivity index (χ3n) is 1.18. The average molecular weight is 136 g/mol. The minimum absolute atomic E-state index is 0.633. The Morgan fingerprint density at radius 2 is 2.00 bits per heavy atom. The molecule has 0 N–H and O–H groups in total. The lowest BCUT2D eigenvalue weighted by Gasteiger charge is -1.90. The molecule has 10 heavy (non-hydrogen) atoms. The highest BCUT2D eigenvalue weighted by molar-refractivity contribution is 5.19. The molecule has 0 radical (unpaired) electrons. The van der Waals surface area contributed by atoms with E-state index >= 15 is 0 Å². The molecule has 0 aliphatic carbocycles. The van der Waals surface area contributed by atoms with Gasteiger partial charge in [0.25, 0.3) is 0 Å². The maximum Gasteiger partial charge on any atom is -0.0287 e. The summed E-state index contributed by atoms with van der Waals surface area (Å²) in [5.41, 5.74) is 1.21. The summed E-state index contributed by atoms with van der Waals surface area (Å²) < 4.78 is 0. The van der Waals surface area contributed by atoms with Crippen molar-refractivity contribution in [2.75, 3.05) is 0 Å². The van der Waals surface area contributed by atoms with Crippen molar-refractivity contribution in [3.63, 3.8) is 0 Å². The van der Waals surface area contributed by atoms with Crippen molar-refractivity contribution < 1.29 is 0 Å². The van der Waals surface area contributed by atoms with Crippen LogP contribution in [-0.2, 0) is 0 Å². The van der Waals surface area contributed by atoms with Gasteiger partial charge in [-0.2, -0.15) is 0 Å². The van der Waals surface area contributed by atoms with E-state index in [2.05, 4.69) is 38.7 Å². The minimum atomic E-state index is 0.633. The lowest BCUT2D eigenvalue weighted by Crippen LogP contribution is -1.75. The van der Waals surface area contributed by atoms with Crippen LogP contribution in [0.2, 0.25) is 0 Å². The van der Waals surface area contributed by atoms with E-state index in [9.17, 15) is 0 Å². The van der Waals surface area contributed by atoms with Crippen LogP contribution in [0.1, 0.15) is 20.8 Å². The van der Waals surface area contributed by atoms with Gasteiger partial charge in [0.2, 0.25) is 0 Å². The van der Waals surface area contributed by atoms with Crippen molar-refractivity contribution in [2.45, 2.75) is 20.8 Å². The fourth-order valence-corrected chi connectivity index (χ4v) is 0.498. The smallest absolute Gasteiger partial charge is 0.0287 e. The summed E-state index contributed by atoms with van der Waals surface area (Å²) in [6.45, 7) is 10.0. The van der Waals surface area contributed by atoms with Crippen molar-refractivity contribution in [3.05, 3.63) is 36.5 Å². The Morgan fingerprint density at radius 1 is 1.40 bits per heavy atom. The Labute approximate surface area is 64.0 Å². The molecule has 0 saturated carbocycles. The first kappa shape index (κ1) is 9.22. The third kappa shape index (κ3) is 5.36. The van der Waals surface area contributed by atoms with Crippen LogP contribution in [0, 0.1) is 5.92 Å². The summed E-state index contributed by atoms with van der Waals surface area (Å²) in [4.78, 5) is 0. The van der Waals surface area contributed by atoms with E-state index in [1.807, 2.05) is 13.0 Å². The van der Waals surface area contributed by atoms with E-state index < -0.39 is 0 Å². The van der Waals surface area contributed by atoms with E-state index in [0.717, 1.165) is 0 Å². The molecule has 0 nitrogen and oxygen atoms in total. The first-order valence-corrected chi connectivity index (χ1v) is 3.64. The maximum atomic E-state index is 3.66. The SMILES string of the molecule is C=C/C(C)=C/C=C/C(C)C. The molecule has 0 bridgehead atoms. The van der Waals surface area contributed by atoms with Gasteiger partial charge < -0.3 is 0 Å². The van der Waals surface area contributed by atoms with Gasteiger partial charge in [-0.25, -0.2) is 0 Å². The summed E-state index contributed by atoms with van der Waals surface area (Å²) in [6.07, 6.45) is 8.15. The Balaban J connectivity index is 3.81. The predicted molar refractivity (Wildman–Crippen MR) is 47.9 cm³/mol. The van der Waals surface area contributed by atoms with Crippen LogP contribution in [0.25, 0.3) is 0 Å². The molecule has 0 fully saturated rings. The number of allylic oxidation sites excluding steroid dienone is 5. The molecule has 0 spiro atoms. The molecule has 0 atom stereocenters. The fraction of sp³-hybridized carbons (Fsp3) is 0.400. The van der Waals surface area contributed by atoms with Crippen LogP contribution < -0.4 is 0 Å². The summed E-state index contributed by atoms with van der Waals surface area (Å²) in [7, 11) is 0. The van der Waals surface area contributed by atoms with Gasteiger partial charge in [0.15, 0.2) is 0 Å². The molecule has 0 rings (SSSR count). The van der Waals surface area contributed by atoms with Gasteiger partial charge >= 0.3 is 0 Å². The van der Waals surface area contributed by atoms with Crippen LogP contribution in [0.5, 0.6) is 0 Å². The van der Waals surface area contributed by atoms with Gasteiger partial charge in [0.05, 0.1) is 0 Å². The molecule has 56 valence electrons. The second-order valence-electron chi connectivity index (χ2n) is 2.74. The van der Waals surface area contributed by atoms with E-state index in [1.54, 1.807) is 0 Å². The lowest BCUT2D eigenvalue weighted by atomic mass is 10.2. The van der Waals surface area contributed by atoms with Gasteiger partial charge in [-0.15, -0.1) is 0 Å². The molecule has 0 heteroatoms. The highest BCUT2D eigenvalue weighted by atomic mass is 13.9. The van der Waals surface area contributed by atoms with Crippen LogP contribution in [0.3, 0.4) is 0 Å². The van der Waals surface area contributed by atoms with Gasteiger partial charge in [-0.05, 0) is 12.8 Å². The van der Waals surface area contributed by atoms with E-state index in [0.29, 0.717) is 5.92 Å². The van der Waals surface area contributed by atoms with Gasteiger partial charge in [-0.1, -0.05) is 50.3 Å². The zero-order chi connectivity index (χ0) is 7.98. The van der Waals surface area contributed by atoms with E-state index in [1.165, 1.54) is 5.57 Å². The molecule has 0 aliphatic rings. The molecule has 0 aromatic heterocycles. The predicted octanol–water partition coefficient (Wildman–Crippen LogP) is 3.33. The Morgan fingerprint density at radius 3 is 2.40 bits per heavy atom. The minimum Gasteiger partial charge on any atom is -0.0988 e.